The highest BCUT2D eigenvalue weighted by Gasteiger charge is 2.32. The third-order valence-corrected chi connectivity index (χ3v) is 8.90. The lowest BCUT2D eigenvalue weighted by Crippen LogP contribution is -2.42. The summed E-state index contributed by atoms with van der Waals surface area (Å²) in [6.07, 6.45) is 5.53. The molecule has 2 aliphatic heterocycles. The van der Waals surface area contributed by atoms with Crippen LogP contribution in [0.2, 0.25) is 0 Å². The molecule has 2 atom stereocenters. The quantitative estimate of drug-likeness (QED) is 0.517. The molecular formula is C26H31FN4O5S. The minimum absolute atomic E-state index is 0.0785. The van der Waals surface area contributed by atoms with E-state index in [2.05, 4.69) is 14.7 Å². The van der Waals surface area contributed by atoms with Crippen molar-refractivity contribution in [3.8, 4) is 5.75 Å². The van der Waals surface area contributed by atoms with Crippen molar-refractivity contribution in [3.63, 3.8) is 0 Å². The molecule has 2 fully saturated rings. The van der Waals surface area contributed by atoms with E-state index in [1.54, 1.807) is 6.20 Å². The molecule has 2 aliphatic rings. The van der Waals surface area contributed by atoms with Crippen LogP contribution in [-0.4, -0.2) is 54.5 Å². The summed E-state index contributed by atoms with van der Waals surface area (Å²) >= 11 is 0. The Kier molecular flexibility index (Phi) is 6.61. The molecule has 0 saturated carbocycles. The number of nitrogens with one attached hydrogen (secondary N) is 1. The van der Waals surface area contributed by atoms with Gasteiger partial charge in [-0.05, 0) is 63.4 Å². The lowest BCUT2D eigenvalue weighted by molar-refractivity contribution is 0.0982. The van der Waals surface area contributed by atoms with Gasteiger partial charge in [-0.2, -0.15) is 5.10 Å². The highest BCUT2D eigenvalue weighted by molar-refractivity contribution is 7.91. The first-order valence-electron chi connectivity index (χ1n) is 12.4. The number of benzene rings is 1. The molecule has 0 bridgehead atoms. The van der Waals surface area contributed by atoms with Crippen molar-refractivity contribution >= 4 is 27.1 Å². The largest absolute Gasteiger partial charge is 0.488 e. The third-order valence-electron chi connectivity index (χ3n) is 6.84. The van der Waals surface area contributed by atoms with Crippen molar-refractivity contribution in [1.29, 1.82) is 0 Å². The Morgan fingerprint density at radius 2 is 2.03 bits per heavy atom. The Labute approximate surface area is 215 Å². The molecule has 2 aromatic heterocycles. The van der Waals surface area contributed by atoms with Gasteiger partial charge in [0, 0.05) is 30.9 Å². The summed E-state index contributed by atoms with van der Waals surface area (Å²) in [5, 5.41) is 4.21. The minimum atomic E-state index is -3.88. The summed E-state index contributed by atoms with van der Waals surface area (Å²) in [4.78, 5) is 15.1. The number of ether oxygens (including phenoxy) is 2. The number of hydrogen-bond acceptors (Lipinski definition) is 7. The summed E-state index contributed by atoms with van der Waals surface area (Å²) in [6, 6.07) is 8.44. The van der Waals surface area contributed by atoms with Gasteiger partial charge in [-0.15, -0.1) is 0 Å². The van der Waals surface area contributed by atoms with E-state index in [0.29, 0.717) is 24.5 Å². The van der Waals surface area contributed by atoms with Crippen LogP contribution >= 0.6 is 0 Å². The zero-order chi connectivity index (χ0) is 26.4. The lowest BCUT2D eigenvalue weighted by Gasteiger charge is -2.28. The Bertz CT molecular complexity index is 1430. The molecule has 1 aromatic carbocycles. The van der Waals surface area contributed by atoms with E-state index < -0.39 is 20.7 Å². The summed E-state index contributed by atoms with van der Waals surface area (Å²) in [7, 11) is -3.88. The Morgan fingerprint density at radius 1 is 1.22 bits per heavy atom. The SMILES string of the molecule is CC(C)(C)S(=O)(=O)NC(=O)c1cnn2ccc(N3CCC[C@@H]3c3cc(F)cc(O[C@@H]4CCOC4)c3)cc12. The van der Waals surface area contributed by atoms with Crippen LogP contribution in [0.5, 0.6) is 5.75 Å². The van der Waals surface area contributed by atoms with Gasteiger partial charge in [-0.3, -0.25) is 4.79 Å². The normalized spacial score (nSPS) is 20.5. The molecule has 0 spiro atoms. The summed E-state index contributed by atoms with van der Waals surface area (Å²) < 4.78 is 53.5. The average molecular weight is 531 g/mol. The second-order valence-electron chi connectivity index (χ2n) is 10.5. The summed E-state index contributed by atoms with van der Waals surface area (Å²) in [6.45, 7) is 6.46. The van der Waals surface area contributed by atoms with E-state index in [0.717, 1.165) is 37.1 Å². The Balaban J connectivity index is 1.43. The first-order valence-corrected chi connectivity index (χ1v) is 13.9. The molecule has 37 heavy (non-hydrogen) atoms. The maximum atomic E-state index is 14.6. The number of fused-ring (bicyclic) bond motifs is 1. The topological polar surface area (TPSA) is 102 Å². The number of nitrogens with zero attached hydrogens (tertiary/aromatic N) is 3. The van der Waals surface area contributed by atoms with E-state index in [4.69, 9.17) is 9.47 Å². The molecule has 0 unspecified atom stereocenters. The van der Waals surface area contributed by atoms with Crippen LogP contribution in [-0.2, 0) is 14.8 Å². The van der Waals surface area contributed by atoms with Crippen LogP contribution in [0.15, 0.2) is 42.7 Å². The van der Waals surface area contributed by atoms with Gasteiger partial charge in [0.15, 0.2) is 0 Å². The number of anilines is 1. The maximum absolute atomic E-state index is 14.6. The Hall–Kier alpha value is -3.18. The van der Waals surface area contributed by atoms with Crippen LogP contribution in [0.4, 0.5) is 10.1 Å². The zero-order valence-electron chi connectivity index (χ0n) is 21.1. The number of halogens is 1. The van der Waals surface area contributed by atoms with Gasteiger partial charge >= 0.3 is 0 Å². The van der Waals surface area contributed by atoms with E-state index in [1.165, 1.54) is 43.6 Å². The van der Waals surface area contributed by atoms with Crippen molar-refractivity contribution in [2.24, 2.45) is 0 Å². The smallest absolute Gasteiger partial charge is 0.268 e. The van der Waals surface area contributed by atoms with Crippen molar-refractivity contribution in [2.45, 2.75) is 56.9 Å². The minimum Gasteiger partial charge on any atom is -0.488 e. The highest BCUT2D eigenvalue weighted by atomic mass is 32.2. The number of rotatable bonds is 6. The first-order chi connectivity index (χ1) is 17.5. The molecule has 198 valence electrons. The molecule has 0 radical (unpaired) electrons. The average Bonchev–Trinajstić information content (AvgIpc) is 3.57. The summed E-state index contributed by atoms with van der Waals surface area (Å²) in [5.74, 6) is -0.603. The predicted octanol–water partition coefficient (Wildman–Crippen LogP) is 3.84. The number of carbonyl (C=O) groups is 1. The van der Waals surface area contributed by atoms with Crippen LogP contribution in [0.1, 0.15) is 62.0 Å². The van der Waals surface area contributed by atoms with Gasteiger partial charge in [0.2, 0.25) is 10.0 Å². The molecule has 0 aliphatic carbocycles. The van der Waals surface area contributed by atoms with Gasteiger partial charge < -0.3 is 14.4 Å². The lowest BCUT2D eigenvalue weighted by atomic mass is 10.0. The van der Waals surface area contributed by atoms with Crippen LogP contribution in [0.3, 0.4) is 0 Å². The fraction of sp³-hybridized carbons (Fsp3) is 0.462. The van der Waals surface area contributed by atoms with Gasteiger partial charge in [0.1, 0.15) is 17.7 Å². The molecule has 9 nitrogen and oxygen atoms in total. The molecule has 1 N–H and O–H groups in total. The number of carbonyl (C=O) groups excluding carboxylic acids is 1. The number of pyridine rings is 1. The van der Waals surface area contributed by atoms with Gasteiger partial charge in [0.25, 0.3) is 5.91 Å². The van der Waals surface area contributed by atoms with Crippen molar-refractivity contribution in [3.05, 3.63) is 59.7 Å². The van der Waals surface area contributed by atoms with E-state index in [9.17, 15) is 17.6 Å². The van der Waals surface area contributed by atoms with Gasteiger partial charge in [-0.1, -0.05) is 0 Å². The molecular weight excluding hydrogens is 499 g/mol. The molecule has 1 amide bonds. The zero-order valence-corrected chi connectivity index (χ0v) is 21.9. The van der Waals surface area contributed by atoms with Gasteiger partial charge in [0.05, 0.1) is 41.3 Å². The number of sulfonamides is 1. The first kappa shape index (κ1) is 25.5. The molecule has 3 aromatic rings. The van der Waals surface area contributed by atoms with Crippen molar-refractivity contribution in [2.75, 3.05) is 24.7 Å². The molecule has 5 rings (SSSR count). The fourth-order valence-electron chi connectivity index (χ4n) is 4.72. The predicted molar refractivity (Wildman–Crippen MR) is 137 cm³/mol. The van der Waals surface area contributed by atoms with Crippen molar-refractivity contribution < 1.29 is 27.1 Å². The van der Waals surface area contributed by atoms with Gasteiger partial charge in [-0.25, -0.2) is 22.0 Å². The highest BCUT2D eigenvalue weighted by Crippen LogP contribution is 2.38. The number of hydrogen-bond donors (Lipinski definition) is 1. The van der Waals surface area contributed by atoms with Crippen LogP contribution in [0.25, 0.3) is 5.52 Å². The van der Waals surface area contributed by atoms with E-state index in [1.807, 2.05) is 18.2 Å². The molecule has 2 saturated heterocycles. The summed E-state index contributed by atoms with van der Waals surface area (Å²) in [5.41, 5.74) is 2.29. The number of amides is 1. The second kappa shape index (κ2) is 9.60. The van der Waals surface area contributed by atoms with Crippen LogP contribution in [0, 0.1) is 5.82 Å². The standard InChI is InChI=1S/C26H31FN4O5S/c1-26(2,3)37(33,34)29-25(32)22-15-28-31-9-6-19(14-24(22)31)30-8-4-5-23(30)17-11-18(27)13-21(12-17)36-20-7-10-35-16-20/h6,9,11-15,20,23H,4-5,7-8,10,16H2,1-3H3,(H,29,32)/t20-,23-/m1/s1. The third kappa shape index (κ3) is 5.15. The van der Waals surface area contributed by atoms with E-state index >= 15 is 0 Å². The number of aromatic nitrogens is 2. The van der Waals surface area contributed by atoms with E-state index in [-0.39, 0.29) is 23.5 Å². The van der Waals surface area contributed by atoms with Crippen molar-refractivity contribution in [1.82, 2.24) is 14.3 Å². The molecule has 11 heteroatoms. The molecule has 4 heterocycles. The second-order valence-corrected chi connectivity index (χ2v) is 12.9. The maximum Gasteiger partial charge on any atom is 0.268 e. The van der Waals surface area contributed by atoms with Crippen LogP contribution < -0.4 is 14.4 Å². The fourth-order valence-corrected chi connectivity index (χ4v) is 5.38. The monoisotopic (exact) mass is 530 g/mol. The Morgan fingerprint density at radius 3 is 2.76 bits per heavy atom.